The van der Waals surface area contributed by atoms with Crippen LogP contribution in [0.5, 0.6) is 0 Å². The van der Waals surface area contributed by atoms with Gasteiger partial charge in [0.1, 0.15) is 5.82 Å². The predicted molar refractivity (Wildman–Crippen MR) is 134 cm³/mol. The van der Waals surface area contributed by atoms with E-state index in [-0.39, 0.29) is 0 Å². The molecule has 0 saturated carbocycles. The number of pyridine rings is 1. The molecule has 1 aliphatic rings. The van der Waals surface area contributed by atoms with Gasteiger partial charge >= 0.3 is 0 Å². The molecule has 3 aromatic carbocycles. The number of aromatic nitrogens is 3. The van der Waals surface area contributed by atoms with Crippen LogP contribution in [0, 0.1) is 0 Å². The van der Waals surface area contributed by atoms with E-state index in [9.17, 15) is 4.79 Å². The Kier molecular flexibility index (Phi) is 4.77. The van der Waals surface area contributed by atoms with Crippen LogP contribution in [0.2, 0.25) is 0 Å². The topological polar surface area (TPSA) is 85.0 Å². The third-order valence-electron chi connectivity index (χ3n) is 6.22. The summed E-state index contributed by atoms with van der Waals surface area (Å²) in [7, 11) is 0. The molecular weight excluding hydrogens is 422 g/mol. The van der Waals surface area contributed by atoms with Crippen molar-refractivity contribution in [2.75, 3.05) is 11.4 Å². The Bertz CT molecular complexity index is 1550. The van der Waals surface area contributed by atoms with Gasteiger partial charge < -0.3 is 10.6 Å². The molecule has 1 amide bonds. The quantitative estimate of drug-likeness (QED) is 0.415. The summed E-state index contributed by atoms with van der Waals surface area (Å²) in [5.74, 6) is 1.06. The second-order valence-corrected chi connectivity index (χ2v) is 8.32. The van der Waals surface area contributed by atoms with Crippen molar-refractivity contribution in [3.8, 4) is 22.5 Å². The van der Waals surface area contributed by atoms with Crippen LogP contribution in [0.25, 0.3) is 33.4 Å². The molecule has 34 heavy (non-hydrogen) atoms. The molecule has 2 aromatic heterocycles. The molecule has 6 heteroatoms. The molecule has 5 aromatic rings. The van der Waals surface area contributed by atoms with Crippen molar-refractivity contribution in [2.45, 2.75) is 6.42 Å². The van der Waals surface area contributed by atoms with Crippen LogP contribution in [0.1, 0.15) is 15.9 Å². The molecule has 6 rings (SSSR count). The highest BCUT2D eigenvalue weighted by molar-refractivity contribution is 5.97. The maximum absolute atomic E-state index is 11.7. The van der Waals surface area contributed by atoms with Crippen LogP contribution in [-0.4, -0.2) is 27.4 Å². The predicted octanol–water partition coefficient (Wildman–Crippen LogP) is 5.15. The first-order chi connectivity index (χ1) is 16.7. The number of nitrogens with two attached hydrogens (primary N) is 1. The Hall–Kier alpha value is -4.58. The monoisotopic (exact) mass is 443 g/mol. The lowest BCUT2D eigenvalue weighted by molar-refractivity contribution is 0.100. The summed E-state index contributed by atoms with van der Waals surface area (Å²) >= 11 is 0. The lowest BCUT2D eigenvalue weighted by atomic mass is 10.0. The fraction of sp³-hybridized carbons (Fsp3) is 0.0714. The Labute approximate surface area is 196 Å². The minimum absolute atomic E-state index is 0.446. The normalized spacial score (nSPS) is 12.6. The summed E-state index contributed by atoms with van der Waals surface area (Å²) < 4.78 is 0. The summed E-state index contributed by atoms with van der Waals surface area (Å²) in [5.41, 5.74) is 12.0. The number of rotatable bonds is 4. The Morgan fingerprint density at radius 1 is 0.853 bits per heavy atom. The van der Waals surface area contributed by atoms with Gasteiger partial charge in [0.25, 0.3) is 0 Å². The Morgan fingerprint density at radius 3 is 2.56 bits per heavy atom. The van der Waals surface area contributed by atoms with Crippen molar-refractivity contribution < 1.29 is 4.79 Å². The van der Waals surface area contributed by atoms with Crippen molar-refractivity contribution >= 4 is 28.3 Å². The minimum atomic E-state index is -0.446. The molecule has 0 atom stereocenters. The molecule has 0 aliphatic carbocycles. The van der Waals surface area contributed by atoms with Gasteiger partial charge in [0.2, 0.25) is 5.91 Å². The van der Waals surface area contributed by atoms with Crippen LogP contribution in [0.15, 0.2) is 91.3 Å². The summed E-state index contributed by atoms with van der Waals surface area (Å²) in [5, 5.41) is 0.971. The zero-order valence-electron chi connectivity index (χ0n) is 18.3. The van der Waals surface area contributed by atoms with Gasteiger partial charge in [0.15, 0.2) is 5.82 Å². The molecule has 6 nitrogen and oxygen atoms in total. The average molecular weight is 444 g/mol. The molecule has 0 unspecified atom stereocenters. The van der Waals surface area contributed by atoms with E-state index in [0.29, 0.717) is 11.4 Å². The highest BCUT2D eigenvalue weighted by Crippen LogP contribution is 2.38. The highest BCUT2D eigenvalue weighted by Gasteiger charge is 2.24. The van der Waals surface area contributed by atoms with Gasteiger partial charge in [-0.05, 0) is 65.6 Å². The third-order valence-corrected chi connectivity index (χ3v) is 6.22. The smallest absolute Gasteiger partial charge is 0.248 e. The summed E-state index contributed by atoms with van der Waals surface area (Å²) in [6, 6.07) is 25.8. The van der Waals surface area contributed by atoms with Crippen LogP contribution in [0.4, 0.5) is 11.5 Å². The number of benzene rings is 3. The zero-order valence-corrected chi connectivity index (χ0v) is 18.3. The number of para-hydroxylation sites is 1. The van der Waals surface area contributed by atoms with Crippen LogP contribution < -0.4 is 10.6 Å². The minimum Gasteiger partial charge on any atom is -0.366 e. The summed E-state index contributed by atoms with van der Waals surface area (Å²) in [6.45, 7) is 0.861. The number of fused-ring (bicyclic) bond motifs is 2. The summed E-state index contributed by atoms with van der Waals surface area (Å²) in [4.78, 5) is 28.1. The standard InChI is InChI=1S/C28H21N5O/c29-26(34)21-7-3-6-19(15-21)20-10-11-23-24(16-20)31-27(22-8-4-13-30-17-22)32-28(23)33-14-12-18-5-1-2-9-25(18)33/h1-11,13,15-17H,12,14H2,(H2,29,34). The fourth-order valence-corrected chi connectivity index (χ4v) is 4.53. The molecule has 2 N–H and O–H groups in total. The van der Waals surface area contributed by atoms with Crippen molar-refractivity contribution in [2.24, 2.45) is 5.73 Å². The summed E-state index contributed by atoms with van der Waals surface area (Å²) in [6.07, 6.45) is 4.50. The van der Waals surface area contributed by atoms with E-state index >= 15 is 0 Å². The molecule has 0 saturated heterocycles. The first-order valence-corrected chi connectivity index (χ1v) is 11.2. The number of primary amides is 1. The third kappa shape index (κ3) is 3.46. The molecule has 0 radical (unpaired) electrons. The Balaban J connectivity index is 1.56. The molecule has 0 fully saturated rings. The maximum Gasteiger partial charge on any atom is 0.248 e. The number of anilines is 2. The maximum atomic E-state index is 11.7. The molecule has 1 aliphatic heterocycles. The van der Waals surface area contributed by atoms with E-state index in [2.05, 4.69) is 40.2 Å². The second kappa shape index (κ2) is 8.08. The van der Waals surface area contributed by atoms with Gasteiger partial charge in [-0.15, -0.1) is 0 Å². The number of amides is 1. The number of carbonyl (C=O) groups is 1. The van der Waals surface area contributed by atoms with Gasteiger partial charge in [-0.1, -0.05) is 36.4 Å². The van der Waals surface area contributed by atoms with Gasteiger partial charge in [0.05, 0.1) is 5.52 Å². The number of hydrogen-bond donors (Lipinski definition) is 1. The molecule has 0 spiro atoms. The van der Waals surface area contributed by atoms with E-state index < -0.39 is 5.91 Å². The average Bonchev–Trinajstić information content (AvgIpc) is 3.32. The first kappa shape index (κ1) is 20.1. The van der Waals surface area contributed by atoms with E-state index in [4.69, 9.17) is 15.7 Å². The van der Waals surface area contributed by atoms with Gasteiger partial charge in [-0.3, -0.25) is 9.78 Å². The van der Waals surface area contributed by atoms with E-state index in [0.717, 1.165) is 46.4 Å². The largest absolute Gasteiger partial charge is 0.366 e. The van der Waals surface area contributed by atoms with Crippen molar-refractivity contribution in [1.82, 2.24) is 15.0 Å². The number of carbonyl (C=O) groups excluding carboxylic acids is 1. The van der Waals surface area contributed by atoms with Crippen molar-refractivity contribution in [3.63, 3.8) is 0 Å². The van der Waals surface area contributed by atoms with Gasteiger partial charge in [-0.2, -0.15) is 0 Å². The first-order valence-electron chi connectivity index (χ1n) is 11.2. The van der Waals surface area contributed by atoms with Crippen molar-refractivity contribution in [3.05, 3.63) is 102 Å². The van der Waals surface area contributed by atoms with Crippen LogP contribution >= 0.6 is 0 Å². The number of nitrogens with zero attached hydrogens (tertiary/aromatic N) is 4. The lowest BCUT2D eigenvalue weighted by Crippen LogP contribution is -2.16. The van der Waals surface area contributed by atoms with E-state index in [1.54, 1.807) is 18.5 Å². The molecule has 3 heterocycles. The van der Waals surface area contributed by atoms with Gasteiger partial charge in [-0.25, -0.2) is 9.97 Å². The lowest BCUT2D eigenvalue weighted by Gasteiger charge is -2.21. The van der Waals surface area contributed by atoms with Crippen LogP contribution in [-0.2, 0) is 6.42 Å². The SMILES string of the molecule is NC(=O)c1cccc(-c2ccc3c(N4CCc5ccccc54)nc(-c4cccnc4)nc3c2)c1. The van der Waals surface area contributed by atoms with Crippen LogP contribution in [0.3, 0.4) is 0 Å². The molecule has 0 bridgehead atoms. The van der Waals surface area contributed by atoms with Gasteiger partial charge in [0, 0.05) is 41.1 Å². The zero-order chi connectivity index (χ0) is 23.1. The van der Waals surface area contributed by atoms with E-state index in [1.165, 1.54) is 11.3 Å². The number of hydrogen-bond acceptors (Lipinski definition) is 5. The van der Waals surface area contributed by atoms with Crippen molar-refractivity contribution in [1.29, 1.82) is 0 Å². The second-order valence-electron chi connectivity index (χ2n) is 8.32. The highest BCUT2D eigenvalue weighted by atomic mass is 16.1. The van der Waals surface area contributed by atoms with E-state index in [1.807, 2.05) is 42.5 Å². The molecular formula is C28H21N5O. The fourth-order valence-electron chi connectivity index (χ4n) is 4.53. The Morgan fingerprint density at radius 2 is 1.71 bits per heavy atom. The molecule has 164 valence electrons.